The summed E-state index contributed by atoms with van der Waals surface area (Å²) in [5.74, 6) is -0.697. The number of hydrogen-bond acceptors (Lipinski definition) is 6. The van der Waals surface area contributed by atoms with Crippen LogP contribution in [0.15, 0.2) is 46.2 Å². The van der Waals surface area contributed by atoms with Crippen molar-refractivity contribution in [1.29, 1.82) is 0 Å². The summed E-state index contributed by atoms with van der Waals surface area (Å²) >= 11 is 1.60. The van der Waals surface area contributed by atoms with E-state index in [1.165, 1.54) is 22.5 Å². The van der Waals surface area contributed by atoms with Crippen LogP contribution in [0.3, 0.4) is 0 Å². The first-order chi connectivity index (χ1) is 16.7. The predicted molar refractivity (Wildman–Crippen MR) is 139 cm³/mol. The standard InChI is InChI=1S/C26H35NO6S2/c1-5-20-14-21(34-4)6-8-24(20)27(16-18(2)3)35(30,31)22-7-9-25(23(15-22)26(28)29)33-17-19-10-12-32-13-11-19/h6-9,14-15,18-19H,5,10-13,16-17H2,1-4H3,(H,28,29). The van der Waals surface area contributed by atoms with Gasteiger partial charge in [0.05, 0.1) is 17.2 Å². The van der Waals surface area contributed by atoms with E-state index >= 15 is 0 Å². The number of aromatic carboxylic acids is 1. The Labute approximate surface area is 212 Å². The van der Waals surface area contributed by atoms with Crippen LogP contribution in [-0.4, -0.2) is 52.1 Å². The van der Waals surface area contributed by atoms with Gasteiger partial charge in [-0.15, -0.1) is 11.8 Å². The molecule has 9 heteroatoms. The van der Waals surface area contributed by atoms with Crippen molar-refractivity contribution in [3.05, 3.63) is 47.5 Å². The van der Waals surface area contributed by atoms with Crippen molar-refractivity contribution in [1.82, 2.24) is 0 Å². The van der Waals surface area contributed by atoms with Crippen LogP contribution < -0.4 is 9.04 Å². The molecule has 1 aliphatic heterocycles. The first kappa shape index (κ1) is 27.4. The fourth-order valence-corrected chi connectivity index (χ4v) is 6.24. The molecule has 1 aliphatic rings. The average Bonchev–Trinajstić information content (AvgIpc) is 2.85. The third kappa shape index (κ3) is 6.71. The first-order valence-corrected chi connectivity index (χ1v) is 14.6. The zero-order valence-electron chi connectivity index (χ0n) is 20.8. The number of aryl methyl sites for hydroxylation is 1. The lowest BCUT2D eigenvalue weighted by atomic mass is 10.0. The van der Waals surface area contributed by atoms with E-state index in [2.05, 4.69) is 0 Å². The molecule has 35 heavy (non-hydrogen) atoms. The van der Waals surface area contributed by atoms with Crippen LogP contribution in [0.2, 0.25) is 0 Å². The molecule has 0 radical (unpaired) electrons. The lowest BCUT2D eigenvalue weighted by molar-refractivity contribution is 0.0490. The first-order valence-electron chi connectivity index (χ1n) is 11.9. The molecule has 0 aromatic heterocycles. The van der Waals surface area contributed by atoms with Gasteiger partial charge in [-0.3, -0.25) is 4.31 Å². The maximum Gasteiger partial charge on any atom is 0.339 e. The predicted octanol–water partition coefficient (Wildman–Crippen LogP) is 5.33. The second-order valence-electron chi connectivity index (χ2n) is 9.11. The summed E-state index contributed by atoms with van der Waals surface area (Å²) < 4.78 is 40.3. The van der Waals surface area contributed by atoms with E-state index < -0.39 is 16.0 Å². The van der Waals surface area contributed by atoms with E-state index in [0.29, 0.717) is 31.9 Å². The molecule has 192 valence electrons. The van der Waals surface area contributed by atoms with Gasteiger partial charge in [0.1, 0.15) is 11.3 Å². The van der Waals surface area contributed by atoms with Crippen molar-refractivity contribution in [2.24, 2.45) is 11.8 Å². The van der Waals surface area contributed by atoms with E-state index in [1.807, 2.05) is 45.2 Å². The van der Waals surface area contributed by atoms with Crippen LogP contribution in [0.25, 0.3) is 0 Å². The van der Waals surface area contributed by atoms with Crippen LogP contribution in [0.4, 0.5) is 5.69 Å². The minimum Gasteiger partial charge on any atom is -0.492 e. The van der Waals surface area contributed by atoms with Crippen molar-refractivity contribution in [2.75, 3.05) is 36.9 Å². The molecule has 2 aromatic rings. The van der Waals surface area contributed by atoms with E-state index in [4.69, 9.17) is 9.47 Å². The molecule has 1 fully saturated rings. The van der Waals surface area contributed by atoms with Crippen LogP contribution >= 0.6 is 11.8 Å². The number of rotatable bonds is 11. The summed E-state index contributed by atoms with van der Waals surface area (Å²) in [5, 5.41) is 9.82. The molecule has 0 amide bonds. The van der Waals surface area contributed by atoms with Crippen LogP contribution in [0.5, 0.6) is 5.75 Å². The zero-order valence-corrected chi connectivity index (χ0v) is 22.5. The Balaban J connectivity index is 1.98. The van der Waals surface area contributed by atoms with Gasteiger partial charge in [-0.25, -0.2) is 13.2 Å². The molecular weight excluding hydrogens is 486 g/mol. The molecule has 0 spiro atoms. The summed E-state index contributed by atoms with van der Waals surface area (Å²) in [6.07, 6.45) is 4.37. The lowest BCUT2D eigenvalue weighted by Gasteiger charge is -2.29. The number of carboxylic acids is 1. The van der Waals surface area contributed by atoms with Gasteiger partial charge >= 0.3 is 5.97 Å². The van der Waals surface area contributed by atoms with Crippen molar-refractivity contribution in [3.63, 3.8) is 0 Å². The molecule has 0 unspecified atom stereocenters. The second-order valence-corrected chi connectivity index (χ2v) is 11.9. The van der Waals surface area contributed by atoms with Crippen molar-refractivity contribution >= 4 is 33.4 Å². The molecule has 0 aliphatic carbocycles. The number of carboxylic acid groups (broad SMARTS) is 1. The largest absolute Gasteiger partial charge is 0.492 e. The molecule has 1 saturated heterocycles. The lowest BCUT2D eigenvalue weighted by Crippen LogP contribution is -2.35. The van der Waals surface area contributed by atoms with E-state index in [-0.39, 0.29) is 34.6 Å². The Bertz CT molecular complexity index is 1130. The SMILES string of the molecule is CCc1cc(SC)ccc1N(CC(C)C)S(=O)(=O)c1ccc(OCC2CCOCC2)c(C(=O)O)c1. The highest BCUT2D eigenvalue weighted by Gasteiger charge is 2.29. The van der Waals surface area contributed by atoms with E-state index in [1.54, 1.807) is 11.8 Å². The third-order valence-electron chi connectivity index (χ3n) is 6.05. The van der Waals surface area contributed by atoms with E-state index in [9.17, 15) is 18.3 Å². The average molecular weight is 522 g/mol. The molecule has 0 atom stereocenters. The molecule has 7 nitrogen and oxygen atoms in total. The van der Waals surface area contributed by atoms with Gasteiger partial charge in [0.15, 0.2) is 0 Å². The summed E-state index contributed by atoms with van der Waals surface area (Å²) in [5.41, 5.74) is 1.39. The second kappa shape index (κ2) is 12.1. The van der Waals surface area contributed by atoms with E-state index in [0.717, 1.165) is 23.3 Å². The van der Waals surface area contributed by atoms with Crippen LogP contribution in [0.1, 0.15) is 49.5 Å². The van der Waals surface area contributed by atoms with Crippen LogP contribution in [0, 0.1) is 11.8 Å². The molecule has 1 N–H and O–H groups in total. The van der Waals surface area contributed by atoms with Gasteiger partial charge < -0.3 is 14.6 Å². The summed E-state index contributed by atoms with van der Waals surface area (Å²) in [4.78, 5) is 13.0. The topological polar surface area (TPSA) is 93.1 Å². The summed E-state index contributed by atoms with van der Waals surface area (Å²) in [6.45, 7) is 7.90. The van der Waals surface area contributed by atoms with Crippen LogP contribution in [-0.2, 0) is 21.2 Å². The molecular formula is C26H35NO6S2. The third-order valence-corrected chi connectivity index (χ3v) is 8.55. The van der Waals surface area contributed by atoms with Gasteiger partial charge in [0.25, 0.3) is 10.0 Å². The Morgan fingerprint density at radius 3 is 2.51 bits per heavy atom. The highest BCUT2D eigenvalue weighted by atomic mass is 32.2. The van der Waals surface area contributed by atoms with Gasteiger partial charge in [-0.1, -0.05) is 20.8 Å². The summed E-state index contributed by atoms with van der Waals surface area (Å²) in [7, 11) is -4.02. The molecule has 0 saturated carbocycles. The monoisotopic (exact) mass is 521 g/mol. The molecule has 1 heterocycles. The number of ether oxygens (including phenoxy) is 2. The molecule has 3 rings (SSSR count). The quantitative estimate of drug-likeness (QED) is 0.400. The number of thioether (sulfide) groups is 1. The fourth-order valence-electron chi connectivity index (χ4n) is 4.08. The number of nitrogens with zero attached hydrogens (tertiary/aromatic N) is 1. The van der Waals surface area contributed by atoms with Gasteiger partial charge in [-0.2, -0.15) is 0 Å². The van der Waals surface area contributed by atoms with Crippen molar-refractivity contribution < 1.29 is 27.8 Å². The van der Waals surface area contributed by atoms with Crippen molar-refractivity contribution in [2.45, 2.75) is 49.8 Å². The number of anilines is 1. The number of sulfonamides is 1. The van der Waals surface area contributed by atoms with Crippen molar-refractivity contribution in [3.8, 4) is 5.75 Å². The Morgan fingerprint density at radius 2 is 1.91 bits per heavy atom. The molecule has 2 aromatic carbocycles. The Kier molecular flexibility index (Phi) is 9.49. The Morgan fingerprint density at radius 1 is 1.20 bits per heavy atom. The fraction of sp³-hybridized carbons (Fsp3) is 0.500. The van der Waals surface area contributed by atoms with Gasteiger partial charge in [0.2, 0.25) is 0 Å². The maximum atomic E-state index is 13.9. The van der Waals surface area contributed by atoms with Gasteiger partial charge in [-0.05, 0) is 79.3 Å². The minimum absolute atomic E-state index is 0.0648. The van der Waals surface area contributed by atoms with Gasteiger partial charge in [0, 0.05) is 24.7 Å². The maximum absolute atomic E-state index is 13.9. The normalized spacial score (nSPS) is 14.8. The highest BCUT2D eigenvalue weighted by Crippen LogP contribution is 2.33. The highest BCUT2D eigenvalue weighted by molar-refractivity contribution is 7.98. The molecule has 0 bridgehead atoms. The number of hydrogen-bond donors (Lipinski definition) is 1. The number of carbonyl (C=O) groups is 1. The Hall–Kier alpha value is -2.23. The minimum atomic E-state index is -4.02. The smallest absolute Gasteiger partial charge is 0.339 e. The summed E-state index contributed by atoms with van der Waals surface area (Å²) in [6, 6.07) is 9.88. The zero-order chi connectivity index (χ0) is 25.6. The number of benzene rings is 2.